The van der Waals surface area contributed by atoms with Crippen LogP contribution in [0, 0.1) is 3.57 Å². The van der Waals surface area contributed by atoms with Gasteiger partial charge in [-0.15, -0.1) is 11.8 Å². The van der Waals surface area contributed by atoms with Gasteiger partial charge in [0, 0.05) is 20.0 Å². The molecule has 1 aromatic heterocycles. The Kier molecular flexibility index (Phi) is 4.12. The number of rotatable bonds is 4. The van der Waals surface area contributed by atoms with Crippen LogP contribution in [0.2, 0.25) is 0 Å². The average molecular weight is 393 g/mol. The summed E-state index contributed by atoms with van der Waals surface area (Å²) in [6.07, 6.45) is 0. The van der Waals surface area contributed by atoms with Gasteiger partial charge in [0.15, 0.2) is 5.78 Å². The van der Waals surface area contributed by atoms with E-state index in [1.165, 1.54) is 5.39 Å². The molecule has 0 bridgehead atoms. The summed E-state index contributed by atoms with van der Waals surface area (Å²) in [5.74, 6) is 0.609. The van der Waals surface area contributed by atoms with Gasteiger partial charge in [-0.1, -0.05) is 30.3 Å². The summed E-state index contributed by atoms with van der Waals surface area (Å²) in [4.78, 5) is 15.4. The minimum absolute atomic E-state index is 0.157. The van der Waals surface area contributed by atoms with Crippen molar-refractivity contribution in [3.63, 3.8) is 0 Å². The normalized spacial score (nSPS) is 10.8. The molecule has 3 rings (SSSR count). The van der Waals surface area contributed by atoms with Crippen LogP contribution in [0.3, 0.4) is 0 Å². The minimum Gasteiger partial charge on any atom is -0.350 e. The molecular weight excluding hydrogens is 381 g/mol. The van der Waals surface area contributed by atoms with Gasteiger partial charge < -0.3 is 4.98 Å². The second-order valence-corrected chi connectivity index (χ2v) is 6.70. The summed E-state index contributed by atoms with van der Waals surface area (Å²) in [7, 11) is 0. The first-order valence-electron chi connectivity index (χ1n) is 6.22. The fraction of sp³-hybridized carbons (Fsp3) is 0.0625. The van der Waals surface area contributed by atoms with Gasteiger partial charge in [0.1, 0.15) is 0 Å². The van der Waals surface area contributed by atoms with E-state index >= 15 is 0 Å². The zero-order chi connectivity index (χ0) is 13.9. The summed E-state index contributed by atoms with van der Waals surface area (Å²) in [6.45, 7) is 0. The molecule has 0 fully saturated rings. The highest BCUT2D eigenvalue weighted by molar-refractivity contribution is 14.1. The van der Waals surface area contributed by atoms with Gasteiger partial charge in [0.25, 0.3) is 0 Å². The molecule has 0 saturated heterocycles. The van der Waals surface area contributed by atoms with Crippen molar-refractivity contribution in [3.8, 4) is 0 Å². The van der Waals surface area contributed by atoms with Crippen molar-refractivity contribution in [2.45, 2.75) is 5.03 Å². The molecule has 0 amide bonds. The van der Waals surface area contributed by atoms with Gasteiger partial charge in [-0.3, -0.25) is 4.79 Å². The number of halogens is 1. The quantitative estimate of drug-likeness (QED) is 0.394. The number of hydrogen-bond donors (Lipinski definition) is 1. The predicted octanol–water partition coefficient (Wildman–Crippen LogP) is 4.75. The predicted molar refractivity (Wildman–Crippen MR) is 92.5 cm³/mol. The van der Waals surface area contributed by atoms with Crippen LogP contribution in [-0.4, -0.2) is 16.5 Å². The minimum atomic E-state index is 0.157. The summed E-state index contributed by atoms with van der Waals surface area (Å²) < 4.78 is 1.14. The van der Waals surface area contributed by atoms with Gasteiger partial charge in [-0.2, -0.15) is 0 Å². The standard InChI is InChI=1S/C16H12INOS/c17-13-7-5-11(6-8-13)15(19)10-20-16-9-12-3-1-2-4-14(12)18-16/h1-9,18H,10H2. The Bertz CT molecular complexity index is 716. The van der Waals surface area contributed by atoms with Crippen molar-refractivity contribution in [2.75, 3.05) is 5.75 Å². The third-order valence-corrected chi connectivity index (χ3v) is 4.69. The molecule has 4 heteroatoms. The van der Waals surface area contributed by atoms with Crippen molar-refractivity contribution in [3.05, 3.63) is 63.7 Å². The van der Waals surface area contributed by atoms with E-state index in [4.69, 9.17) is 0 Å². The van der Waals surface area contributed by atoms with E-state index in [0.29, 0.717) is 5.75 Å². The van der Waals surface area contributed by atoms with E-state index in [0.717, 1.165) is 19.7 Å². The fourth-order valence-corrected chi connectivity index (χ4v) is 3.19. The summed E-state index contributed by atoms with van der Waals surface area (Å²) >= 11 is 3.78. The number of carbonyl (C=O) groups is 1. The highest BCUT2D eigenvalue weighted by Gasteiger charge is 2.08. The van der Waals surface area contributed by atoms with E-state index in [1.807, 2.05) is 42.5 Å². The van der Waals surface area contributed by atoms with Crippen LogP contribution in [0.5, 0.6) is 0 Å². The van der Waals surface area contributed by atoms with Crippen LogP contribution in [0.1, 0.15) is 10.4 Å². The van der Waals surface area contributed by atoms with Gasteiger partial charge in [0.2, 0.25) is 0 Å². The molecule has 0 aliphatic carbocycles. The number of para-hydroxylation sites is 1. The van der Waals surface area contributed by atoms with Crippen molar-refractivity contribution in [1.82, 2.24) is 4.98 Å². The Balaban J connectivity index is 1.69. The molecule has 0 spiro atoms. The van der Waals surface area contributed by atoms with Gasteiger partial charge in [-0.05, 0) is 46.9 Å². The molecular formula is C16H12INOS. The number of benzene rings is 2. The average Bonchev–Trinajstić information content (AvgIpc) is 2.88. The topological polar surface area (TPSA) is 32.9 Å². The lowest BCUT2D eigenvalue weighted by Gasteiger charge is -2.00. The molecule has 0 radical (unpaired) electrons. The van der Waals surface area contributed by atoms with Gasteiger partial charge in [-0.25, -0.2) is 0 Å². The maximum absolute atomic E-state index is 12.1. The van der Waals surface area contributed by atoms with Crippen LogP contribution < -0.4 is 0 Å². The number of Topliss-reactive ketones (excluding diaryl/α,β-unsaturated/α-hetero) is 1. The van der Waals surface area contributed by atoms with E-state index in [1.54, 1.807) is 11.8 Å². The third kappa shape index (κ3) is 3.07. The molecule has 2 aromatic carbocycles. The number of thioether (sulfide) groups is 1. The van der Waals surface area contributed by atoms with Crippen LogP contribution >= 0.6 is 34.4 Å². The number of ketones is 1. The molecule has 0 unspecified atom stereocenters. The number of hydrogen-bond acceptors (Lipinski definition) is 2. The molecule has 1 N–H and O–H groups in total. The molecule has 0 saturated carbocycles. The van der Waals surface area contributed by atoms with Gasteiger partial charge in [0.05, 0.1) is 10.8 Å². The number of fused-ring (bicyclic) bond motifs is 1. The molecule has 3 aromatic rings. The van der Waals surface area contributed by atoms with Crippen molar-refractivity contribution in [1.29, 1.82) is 0 Å². The zero-order valence-electron chi connectivity index (χ0n) is 10.6. The van der Waals surface area contributed by atoms with Crippen molar-refractivity contribution >= 4 is 51.0 Å². The van der Waals surface area contributed by atoms with E-state index in [-0.39, 0.29) is 5.78 Å². The highest BCUT2D eigenvalue weighted by atomic mass is 127. The van der Waals surface area contributed by atoms with E-state index in [2.05, 4.69) is 39.7 Å². The maximum atomic E-state index is 12.1. The number of aromatic nitrogens is 1. The molecule has 20 heavy (non-hydrogen) atoms. The van der Waals surface area contributed by atoms with Crippen molar-refractivity contribution < 1.29 is 4.79 Å². The SMILES string of the molecule is O=C(CSc1cc2ccccc2[nH]1)c1ccc(I)cc1. The Morgan fingerprint density at radius 3 is 2.60 bits per heavy atom. The monoisotopic (exact) mass is 393 g/mol. The lowest BCUT2D eigenvalue weighted by molar-refractivity contribution is 0.102. The summed E-state index contributed by atoms with van der Waals surface area (Å²) in [6, 6.07) is 17.9. The summed E-state index contributed by atoms with van der Waals surface area (Å²) in [5.41, 5.74) is 1.88. The Labute approximate surface area is 135 Å². The largest absolute Gasteiger partial charge is 0.350 e. The van der Waals surface area contributed by atoms with E-state index in [9.17, 15) is 4.79 Å². The molecule has 100 valence electrons. The first-order chi connectivity index (χ1) is 9.72. The molecule has 2 nitrogen and oxygen atoms in total. The lowest BCUT2D eigenvalue weighted by Crippen LogP contribution is -2.02. The summed E-state index contributed by atoms with van der Waals surface area (Å²) in [5, 5.41) is 2.21. The fourth-order valence-electron chi connectivity index (χ4n) is 1.99. The van der Waals surface area contributed by atoms with Crippen LogP contribution in [0.15, 0.2) is 59.6 Å². The number of carbonyl (C=O) groups excluding carboxylic acids is 1. The second kappa shape index (κ2) is 6.01. The second-order valence-electron chi connectivity index (χ2n) is 4.44. The van der Waals surface area contributed by atoms with E-state index < -0.39 is 0 Å². The van der Waals surface area contributed by atoms with Crippen LogP contribution in [-0.2, 0) is 0 Å². The molecule has 0 atom stereocenters. The lowest BCUT2D eigenvalue weighted by atomic mass is 10.2. The van der Waals surface area contributed by atoms with Crippen LogP contribution in [0.4, 0.5) is 0 Å². The Morgan fingerprint density at radius 2 is 1.85 bits per heavy atom. The molecule has 0 aliphatic rings. The number of H-pyrrole nitrogens is 1. The van der Waals surface area contributed by atoms with Crippen molar-refractivity contribution in [2.24, 2.45) is 0 Å². The molecule has 1 heterocycles. The number of aromatic amines is 1. The maximum Gasteiger partial charge on any atom is 0.173 e. The Morgan fingerprint density at radius 1 is 1.10 bits per heavy atom. The number of nitrogens with one attached hydrogen (secondary N) is 1. The first kappa shape index (κ1) is 13.7. The zero-order valence-corrected chi connectivity index (χ0v) is 13.6. The highest BCUT2D eigenvalue weighted by Crippen LogP contribution is 2.23. The third-order valence-electron chi connectivity index (χ3n) is 3.03. The first-order valence-corrected chi connectivity index (χ1v) is 8.28. The smallest absolute Gasteiger partial charge is 0.173 e. The van der Waals surface area contributed by atoms with Crippen LogP contribution in [0.25, 0.3) is 10.9 Å². The van der Waals surface area contributed by atoms with Gasteiger partial charge >= 0.3 is 0 Å². The molecule has 0 aliphatic heterocycles. The Hall–Kier alpha value is -1.27.